The van der Waals surface area contributed by atoms with Gasteiger partial charge in [0.1, 0.15) is 4.90 Å². The Bertz CT molecular complexity index is 819. The number of nitrogens with one attached hydrogen (secondary N) is 1. The Morgan fingerprint density at radius 1 is 1.04 bits per heavy atom. The molecule has 0 aromatic heterocycles. The minimum atomic E-state index is -3.57. The number of hydrogen-bond acceptors (Lipinski definition) is 4. The number of benzene rings is 2. The summed E-state index contributed by atoms with van der Waals surface area (Å²) in [6.45, 7) is 3.76. The molecule has 0 amide bonds. The zero-order valence-electron chi connectivity index (χ0n) is 14.5. The quantitative estimate of drug-likeness (QED) is 0.733. The van der Waals surface area contributed by atoms with Crippen molar-refractivity contribution in [3.8, 4) is 0 Å². The van der Waals surface area contributed by atoms with Gasteiger partial charge in [-0.05, 0) is 42.7 Å². The molecule has 0 spiro atoms. The first-order valence-electron chi connectivity index (χ1n) is 8.72. The molecule has 0 aliphatic carbocycles. The first kappa shape index (κ1) is 19.2. The zero-order chi connectivity index (χ0) is 18.4. The molecule has 1 N–H and O–H groups in total. The summed E-state index contributed by atoms with van der Waals surface area (Å²) in [5, 5.41) is 0.235. The van der Waals surface area contributed by atoms with Crippen LogP contribution in [0.25, 0.3) is 0 Å². The number of ether oxygens (including phenoxy) is 1. The Balaban J connectivity index is 1.48. The summed E-state index contributed by atoms with van der Waals surface area (Å²) in [7, 11) is -3.57. The van der Waals surface area contributed by atoms with Crippen LogP contribution in [0.3, 0.4) is 0 Å². The van der Waals surface area contributed by atoms with Crippen LogP contribution >= 0.6 is 11.6 Å². The van der Waals surface area contributed by atoms with Gasteiger partial charge in [-0.1, -0.05) is 35.9 Å². The van der Waals surface area contributed by atoms with E-state index in [1.807, 2.05) is 0 Å². The minimum Gasteiger partial charge on any atom is -0.378 e. The zero-order valence-corrected chi connectivity index (χ0v) is 16.1. The van der Waals surface area contributed by atoms with Crippen molar-refractivity contribution in [2.45, 2.75) is 17.7 Å². The van der Waals surface area contributed by atoms with Crippen LogP contribution in [0.4, 0.5) is 5.69 Å². The van der Waals surface area contributed by atoms with Gasteiger partial charge in [-0.15, -0.1) is 0 Å². The Morgan fingerprint density at radius 2 is 1.73 bits per heavy atom. The molecule has 0 radical (unpaired) electrons. The monoisotopic (exact) mass is 394 g/mol. The van der Waals surface area contributed by atoms with Gasteiger partial charge in [0.25, 0.3) is 0 Å². The van der Waals surface area contributed by atoms with Crippen molar-refractivity contribution in [2.24, 2.45) is 0 Å². The third-order valence-electron chi connectivity index (χ3n) is 4.37. The number of aryl methyl sites for hydroxylation is 1. The van der Waals surface area contributed by atoms with Gasteiger partial charge < -0.3 is 9.64 Å². The van der Waals surface area contributed by atoms with Crippen LogP contribution in [-0.4, -0.2) is 41.3 Å². The standard InChI is InChI=1S/C19H23ClN2O3S/c20-18-5-1-2-6-19(18)26(23,24)21-11-3-4-16-7-9-17(10-8-16)22-12-14-25-15-13-22/h1-2,5-10,21H,3-4,11-15H2. The molecule has 1 aliphatic rings. The van der Waals surface area contributed by atoms with E-state index in [2.05, 4.69) is 33.9 Å². The number of rotatable bonds is 7. The summed E-state index contributed by atoms with van der Waals surface area (Å²) in [4.78, 5) is 2.43. The van der Waals surface area contributed by atoms with Gasteiger partial charge in [0.05, 0.1) is 18.2 Å². The van der Waals surface area contributed by atoms with Gasteiger partial charge in [0.2, 0.25) is 10.0 Å². The van der Waals surface area contributed by atoms with E-state index in [1.54, 1.807) is 18.2 Å². The highest BCUT2D eigenvalue weighted by atomic mass is 35.5. The molecule has 5 nitrogen and oxygen atoms in total. The van der Waals surface area contributed by atoms with Gasteiger partial charge in [-0.25, -0.2) is 13.1 Å². The summed E-state index contributed by atoms with van der Waals surface area (Å²) in [5.41, 5.74) is 2.40. The molecule has 2 aromatic carbocycles. The molecule has 1 heterocycles. The van der Waals surface area contributed by atoms with Crippen molar-refractivity contribution in [3.05, 3.63) is 59.1 Å². The summed E-state index contributed by atoms with van der Waals surface area (Å²) in [6, 6.07) is 14.9. The number of anilines is 1. The number of halogens is 1. The average Bonchev–Trinajstić information content (AvgIpc) is 2.67. The number of morpholine rings is 1. The fraction of sp³-hybridized carbons (Fsp3) is 0.368. The van der Waals surface area contributed by atoms with Crippen LogP contribution in [0, 0.1) is 0 Å². The van der Waals surface area contributed by atoms with Crippen LogP contribution in [0.15, 0.2) is 53.4 Å². The maximum atomic E-state index is 12.3. The number of nitrogens with zero attached hydrogens (tertiary/aromatic N) is 1. The third kappa shape index (κ3) is 4.98. The van der Waals surface area contributed by atoms with E-state index in [9.17, 15) is 8.42 Å². The predicted octanol–water partition coefficient (Wildman–Crippen LogP) is 3.09. The fourth-order valence-corrected chi connectivity index (χ4v) is 4.53. The maximum absolute atomic E-state index is 12.3. The highest BCUT2D eigenvalue weighted by molar-refractivity contribution is 7.89. The van der Waals surface area contributed by atoms with Crippen molar-refractivity contribution in [1.29, 1.82) is 0 Å². The summed E-state index contributed by atoms with van der Waals surface area (Å²) < 4.78 is 32.5. The van der Waals surface area contributed by atoms with Crippen LogP contribution in [0.1, 0.15) is 12.0 Å². The lowest BCUT2D eigenvalue weighted by molar-refractivity contribution is 0.122. The van der Waals surface area contributed by atoms with Crippen LogP contribution in [0.2, 0.25) is 5.02 Å². The van der Waals surface area contributed by atoms with Crippen molar-refractivity contribution in [2.75, 3.05) is 37.7 Å². The lowest BCUT2D eigenvalue weighted by atomic mass is 10.1. The molecule has 26 heavy (non-hydrogen) atoms. The molecule has 140 valence electrons. The largest absolute Gasteiger partial charge is 0.378 e. The third-order valence-corrected chi connectivity index (χ3v) is 6.33. The highest BCUT2D eigenvalue weighted by Gasteiger charge is 2.16. The lowest BCUT2D eigenvalue weighted by Gasteiger charge is -2.28. The molecule has 3 rings (SSSR count). The molecule has 1 aliphatic heterocycles. The Morgan fingerprint density at radius 3 is 2.42 bits per heavy atom. The second-order valence-corrected chi connectivity index (χ2v) is 8.34. The first-order chi connectivity index (χ1) is 12.6. The van der Waals surface area contributed by atoms with Gasteiger partial charge in [0.15, 0.2) is 0 Å². The highest BCUT2D eigenvalue weighted by Crippen LogP contribution is 2.20. The van der Waals surface area contributed by atoms with E-state index in [1.165, 1.54) is 17.3 Å². The van der Waals surface area contributed by atoms with E-state index in [0.717, 1.165) is 39.1 Å². The SMILES string of the molecule is O=S(=O)(NCCCc1ccc(N2CCOCC2)cc1)c1ccccc1Cl. The smallest absolute Gasteiger partial charge is 0.242 e. The Hall–Kier alpha value is -1.60. The van der Waals surface area contributed by atoms with E-state index in [-0.39, 0.29) is 9.92 Å². The molecule has 2 aromatic rings. The predicted molar refractivity (Wildman–Crippen MR) is 104 cm³/mol. The molecule has 0 unspecified atom stereocenters. The molecule has 0 saturated carbocycles. The molecule has 1 fully saturated rings. The lowest BCUT2D eigenvalue weighted by Crippen LogP contribution is -2.36. The van der Waals surface area contributed by atoms with Gasteiger partial charge in [0, 0.05) is 25.3 Å². The van der Waals surface area contributed by atoms with E-state index >= 15 is 0 Å². The van der Waals surface area contributed by atoms with Crippen LogP contribution in [-0.2, 0) is 21.2 Å². The fourth-order valence-electron chi connectivity index (χ4n) is 2.93. The summed E-state index contributed by atoms with van der Waals surface area (Å²) in [6.07, 6.45) is 1.54. The van der Waals surface area contributed by atoms with Crippen molar-refractivity contribution in [3.63, 3.8) is 0 Å². The Labute approximate surface area is 160 Å². The maximum Gasteiger partial charge on any atom is 0.242 e. The first-order valence-corrected chi connectivity index (χ1v) is 10.6. The van der Waals surface area contributed by atoms with Gasteiger partial charge in [-0.3, -0.25) is 0 Å². The molecular formula is C19H23ClN2O3S. The molecule has 1 saturated heterocycles. The normalized spacial score (nSPS) is 15.2. The van der Waals surface area contributed by atoms with Gasteiger partial charge in [-0.2, -0.15) is 0 Å². The second-order valence-electron chi connectivity index (χ2n) is 6.20. The van der Waals surface area contributed by atoms with E-state index in [0.29, 0.717) is 6.54 Å². The summed E-state index contributed by atoms with van der Waals surface area (Å²) >= 11 is 5.97. The molecule has 0 bridgehead atoms. The Kier molecular flexibility index (Phi) is 6.53. The van der Waals surface area contributed by atoms with Crippen molar-refractivity contribution in [1.82, 2.24) is 4.72 Å². The number of hydrogen-bond donors (Lipinski definition) is 1. The van der Waals surface area contributed by atoms with Crippen LogP contribution in [0.5, 0.6) is 0 Å². The average molecular weight is 395 g/mol. The van der Waals surface area contributed by atoms with E-state index in [4.69, 9.17) is 16.3 Å². The second kappa shape index (κ2) is 8.86. The molecule has 7 heteroatoms. The minimum absolute atomic E-state index is 0.122. The van der Waals surface area contributed by atoms with E-state index < -0.39 is 10.0 Å². The molecule has 0 atom stereocenters. The number of sulfonamides is 1. The van der Waals surface area contributed by atoms with Crippen molar-refractivity contribution < 1.29 is 13.2 Å². The molecular weight excluding hydrogens is 372 g/mol. The van der Waals surface area contributed by atoms with Gasteiger partial charge >= 0.3 is 0 Å². The summed E-state index contributed by atoms with van der Waals surface area (Å²) in [5.74, 6) is 0. The van der Waals surface area contributed by atoms with Crippen molar-refractivity contribution >= 4 is 27.3 Å². The van der Waals surface area contributed by atoms with Crippen LogP contribution < -0.4 is 9.62 Å². The topological polar surface area (TPSA) is 58.6 Å².